The molecule has 4 rings (SSSR count). The van der Waals surface area contributed by atoms with Crippen LogP contribution < -0.4 is 11.1 Å². The quantitative estimate of drug-likeness (QED) is 0.387. The molecule has 4 aromatic rings. The fourth-order valence-electron chi connectivity index (χ4n) is 3.15. The number of benzene rings is 1. The largest absolute Gasteiger partial charge is 0.399 e. The van der Waals surface area contributed by atoms with Crippen molar-refractivity contribution in [2.45, 2.75) is 25.3 Å². The van der Waals surface area contributed by atoms with Gasteiger partial charge in [0.1, 0.15) is 5.01 Å². The molecule has 5 nitrogen and oxygen atoms in total. The van der Waals surface area contributed by atoms with Gasteiger partial charge < -0.3 is 11.1 Å². The van der Waals surface area contributed by atoms with Gasteiger partial charge in [0, 0.05) is 29.9 Å². The molecule has 0 bridgehead atoms. The van der Waals surface area contributed by atoms with Crippen LogP contribution in [-0.2, 0) is 17.6 Å². The Morgan fingerprint density at radius 3 is 2.57 bits per heavy atom. The van der Waals surface area contributed by atoms with Gasteiger partial charge in [-0.2, -0.15) is 0 Å². The van der Waals surface area contributed by atoms with E-state index in [-0.39, 0.29) is 11.9 Å². The van der Waals surface area contributed by atoms with E-state index in [1.165, 1.54) is 0 Å². The van der Waals surface area contributed by atoms with Crippen molar-refractivity contribution in [3.63, 3.8) is 0 Å². The maximum Gasteiger partial charge on any atom is 0.220 e. The number of pyridine rings is 1. The van der Waals surface area contributed by atoms with Crippen LogP contribution in [0.25, 0.3) is 10.6 Å². The normalized spacial score (nSPS) is 11.9. The number of nitrogens with two attached hydrogens (primary N) is 1. The Labute approximate surface area is 183 Å². The molecule has 152 valence electrons. The molecule has 30 heavy (non-hydrogen) atoms. The van der Waals surface area contributed by atoms with Gasteiger partial charge in [0.15, 0.2) is 0 Å². The molecule has 0 unspecified atom stereocenters. The summed E-state index contributed by atoms with van der Waals surface area (Å²) in [6.45, 7) is 0. The molecular formula is C23H22N4OS2. The van der Waals surface area contributed by atoms with Gasteiger partial charge in [0.25, 0.3) is 0 Å². The molecule has 1 amide bonds. The van der Waals surface area contributed by atoms with Crippen LogP contribution in [-0.4, -0.2) is 15.9 Å². The van der Waals surface area contributed by atoms with Crippen LogP contribution in [0.15, 0.2) is 71.7 Å². The zero-order chi connectivity index (χ0) is 20.8. The number of carbonyl (C=O) groups is 1. The van der Waals surface area contributed by atoms with Crippen molar-refractivity contribution in [1.29, 1.82) is 0 Å². The molecule has 1 aromatic carbocycles. The van der Waals surface area contributed by atoms with Gasteiger partial charge in [0.2, 0.25) is 5.91 Å². The molecule has 0 saturated heterocycles. The van der Waals surface area contributed by atoms with E-state index in [2.05, 4.69) is 21.7 Å². The summed E-state index contributed by atoms with van der Waals surface area (Å²) < 4.78 is 0. The van der Waals surface area contributed by atoms with Crippen LogP contribution in [0.5, 0.6) is 0 Å². The third kappa shape index (κ3) is 5.31. The molecule has 0 spiro atoms. The topological polar surface area (TPSA) is 80.9 Å². The number of aromatic nitrogens is 2. The number of nitrogens with one attached hydrogen (secondary N) is 1. The number of thiazole rings is 1. The highest BCUT2D eigenvalue weighted by molar-refractivity contribution is 7.14. The Hall–Kier alpha value is -3.03. The number of amides is 1. The molecule has 3 N–H and O–H groups in total. The predicted octanol–water partition coefficient (Wildman–Crippen LogP) is 4.88. The van der Waals surface area contributed by atoms with Crippen molar-refractivity contribution in [3.05, 3.63) is 87.8 Å². The van der Waals surface area contributed by atoms with E-state index in [1.807, 2.05) is 47.8 Å². The summed E-state index contributed by atoms with van der Waals surface area (Å²) in [5.41, 5.74) is 9.71. The smallest absolute Gasteiger partial charge is 0.220 e. The van der Waals surface area contributed by atoms with Crippen LogP contribution in [0.1, 0.15) is 28.6 Å². The first-order valence-electron chi connectivity index (χ1n) is 9.69. The Bertz CT molecular complexity index is 1080. The zero-order valence-electron chi connectivity index (χ0n) is 16.3. The number of anilines is 1. The molecule has 0 aliphatic heterocycles. The number of nitrogen functional groups attached to an aromatic ring is 1. The number of aryl methyl sites for hydroxylation is 1. The molecule has 0 saturated carbocycles. The zero-order valence-corrected chi connectivity index (χ0v) is 18.0. The van der Waals surface area contributed by atoms with Crippen LogP contribution in [0.4, 0.5) is 5.69 Å². The summed E-state index contributed by atoms with van der Waals surface area (Å²) >= 11 is 3.25. The molecule has 0 aliphatic carbocycles. The second kappa shape index (κ2) is 9.65. The van der Waals surface area contributed by atoms with Crippen molar-refractivity contribution in [3.8, 4) is 10.6 Å². The van der Waals surface area contributed by atoms with E-state index < -0.39 is 0 Å². The first-order chi connectivity index (χ1) is 14.7. The van der Waals surface area contributed by atoms with Gasteiger partial charge in [-0.15, -0.1) is 22.7 Å². The molecule has 7 heteroatoms. The van der Waals surface area contributed by atoms with E-state index >= 15 is 0 Å². The van der Waals surface area contributed by atoms with E-state index in [0.717, 1.165) is 32.4 Å². The summed E-state index contributed by atoms with van der Waals surface area (Å²) in [6.07, 6.45) is 5.27. The lowest BCUT2D eigenvalue weighted by Gasteiger charge is -2.17. The molecule has 1 atom stereocenters. The second-order valence-corrected chi connectivity index (χ2v) is 8.81. The van der Waals surface area contributed by atoms with Gasteiger partial charge in [0.05, 0.1) is 16.6 Å². The Balaban J connectivity index is 1.49. The molecular weight excluding hydrogens is 412 g/mol. The average molecular weight is 435 g/mol. The SMILES string of the molecule is Nc1ccc(C[C@H](NC(=O)CCc2ccncc2)c2nc(-c3cccs3)cs2)cc1. The lowest BCUT2D eigenvalue weighted by molar-refractivity contribution is -0.121. The fraction of sp³-hybridized carbons (Fsp3) is 0.174. The third-order valence-corrected chi connectivity index (χ3v) is 6.59. The Morgan fingerprint density at radius 2 is 1.83 bits per heavy atom. The van der Waals surface area contributed by atoms with Gasteiger partial charge in [-0.25, -0.2) is 4.98 Å². The van der Waals surface area contributed by atoms with E-state index in [0.29, 0.717) is 19.3 Å². The van der Waals surface area contributed by atoms with Crippen LogP contribution >= 0.6 is 22.7 Å². The number of carbonyl (C=O) groups excluding carboxylic acids is 1. The highest BCUT2D eigenvalue weighted by Crippen LogP contribution is 2.30. The van der Waals surface area contributed by atoms with Crippen molar-refractivity contribution in [1.82, 2.24) is 15.3 Å². The highest BCUT2D eigenvalue weighted by Gasteiger charge is 2.19. The third-order valence-electron chi connectivity index (χ3n) is 4.74. The Morgan fingerprint density at radius 1 is 1.03 bits per heavy atom. The molecule has 0 radical (unpaired) electrons. The van der Waals surface area contributed by atoms with Gasteiger partial charge in [-0.1, -0.05) is 18.2 Å². The Kier molecular flexibility index (Phi) is 6.51. The second-order valence-electron chi connectivity index (χ2n) is 6.97. The highest BCUT2D eigenvalue weighted by atomic mass is 32.1. The van der Waals surface area contributed by atoms with E-state index in [1.54, 1.807) is 35.1 Å². The van der Waals surface area contributed by atoms with Crippen LogP contribution in [0, 0.1) is 0 Å². The lowest BCUT2D eigenvalue weighted by Crippen LogP contribution is -2.30. The summed E-state index contributed by atoms with van der Waals surface area (Å²) in [5.74, 6) is 0.0140. The first-order valence-corrected chi connectivity index (χ1v) is 11.5. The average Bonchev–Trinajstić information content (AvgIpc) is 3.46. The molecule has 0 fully saturated rings. The summed E-state index contributed by atoms with van der Waals surface area (Å²) in [7, 11) is 0. The summed E-state index contributed by atoms with van der Waals surface area (Å²) in [4.78, 5) is 22.7. The van der Waals surface area contributed by atoms with E-state index in [9.17, 15) is 4.79 Å². The minimum atomic E-state index is -0.183. The van der Waals surface area contributed by atoms with Gasteiger partial charge >= 0.3 is 0 Å². The van der Waals surface area contributed by atoms with Crippen molar-refractivity contribution >= 4 is 34.3 Å². The fourth-order valence-corrected chi connectivity index (χ4v) is 4.78. The van der Waals surface area contributed by atoms with Crippen LogP contribution in [0.2, 0.25) is 0 Å². The number of thiophene rings is 1. The van der Waals surface area contributed by atoms with Crippen molar-refractivity contribution in [2.24, 2.45) is 0 Å². The van der Waals surface area contributed by atoms with Crippen molar-refractivity contribution in [2.75, 3.05) is 5.73 Å². The molecule has 0 aliphatic rings. The van der Waals surface area contributed by atoms with Gasteiger partial charge in [-0.05, 0) is 59.7 Å². The monoisotopic (exact) mass is 434 g/mol. The minimum Gasteiger partial charge on any atom is -0.399 e. The molecule has 3 aromatic heterocycles. The standard InChI is InChI=1S/C23H22N4OS2/c24-18-6-3-17(4-7-18)14-19(23-27-20(15-30-23)21-2-1-13-29-21)26-22(28)8-5-16-9-11-25-12-10-16/h1-4,6-7,9-13,15,19H,5,8,14,24H2,(H,26,28)/t19-/m0/s1. The van der Waals surface area contributed by atoms with Gasteiger partial charge in [-0.3, -0.25) is 9.78 Å². The van der Waals surface area contributed by atoms with Crippen molar-refractivity contribution < 1.29 is 4.79 Å². The summed E-state index contributed by atoms with van der Waals surface area (Å²) in [6, 6.07) is 15.5. The number of hydrogen-bond acceptors (Lipinski definition) is 6. The minimum absolute atomic E-state index is 0.0140. The van der Waals surface area contributed by atoms with Crippen LogP contribution in [0.3, 0.4) is 0 Å². The van der Waals surface area contributed by atoms with E-state index in [4.69, 9.17) is 10.7 Å². The number of hydrogen-bond donors (Lipinski definition) is 2. The maximum absolute atomic E-state index is 12.7. The lowest BCUT2D eigenvalue weighted by atomic mass is 10.1. The maximum atomic E-state index is 12.7. The first kappa shape index (κ1) is 20.3. The number of nitrogens with zero attached hydrogens (tertiary/aromatic N) is 2. The molecule has 3 heterocycles. The summed E-state index contributed by atoms with van der Waals surface area (Å²) in [5, 5.41) is 8.20. The predicted molar refractivity (Wildman–Crippen MR) is 123 cm³/mol. The number of rotatable bonds is 8.